The summed E-state index contributed by atoms with van der Waals surface area (Å²) in [6, 6.07) is 7.02. The molecule has 1 aromatic carbocycles. The molecule has 0 fully saturated rings. The zero-order chi connectivity index (χ0) is 24.3. The van der Waals surface area contributed by atoms with Gasteiger partial charge in [0.2, 0.25) is 5.76 Å². The molecule has 5 rings (SSSR count). The van der Waals surface area contributed by atoms with E-state index >= 15 is 0 Å². The largest absolute Gasteiger partial charge is 1.00 e. The standard InChI is InChI=1S/C20H10O5.2C2H4O2.2Hg/c21-11-5-7-15-17(9-11)24-18-10-12(22)6-8-16(18)20(15)14-4-2-1-3-13(14)19(23)25-20;2*1-2(3)4;;/h1-4,7-10,21-22H;2*1H3,(H,3,4);;/q;;;2*+1/p-2. The van der Waals surface area contributed by atoms with E-state index < -0.39 is 23.5 Å². The second-order valence-electron chi connectivity index (χ2n) is 6.91. The molecule has 0 bridgehead atoms. The topological polar surface area (TPSA) is 156 Å². The molecule has 35 heavy (non-hydrogen) atoms. The third kappa shape index (κ3) is 6.24. The van der Waals surface area contributed by atoms with Gasteiger partial charge in [-0.3, -0.25) is 15.3 Å². The van der Waals surface area contributed by atoms with Crippen LogP contribution < -0.4 is 10.2 Å². The molecule has 1 atom stereocenters. The molecule has 1 spiro atoms. The summed E-state index contributed by atoms with van der Waals surface area (Å²) in [5, 5.41) is 38.3. The Bertz CT molecular complexity index is 1220. The number of fused-ring (bicyclic) bond motifs is 4. The zero-order valence-electron chi connectivity index (χ0n) is 18.8. The van der Waals surface area contributed by atoms with Gasteiger partial charge in [0.1, 0.15) is 11.6 Å². The number of aliphatic carboxylic acids is 2. The fourth-order valence-electron chi connectivity index (χ4n) is 3.51. The van der Waals surface area contributed by atoms with Crippen LogP contribution in [-0.4, -0.2) is 28.1 Å². The number of esters is 1. The van der Waals surface area contributed by atoms with Gasteiger partial charge in [-0.25, -0.2) is 4.79 Å². The molecule has 2 radical (unpaired) electrons. The number of carbonyl (C=O) groups is 3. The van der Waals surface area contributed by atoms with Gasteiger partial charge in [-0.15, -0.1) is 12.5 Å². The molecule has 170 valence electrons. The third-order valence-corrected chi connectivity index (χ3v) is 4.52. The molecule has 2 N–H and O–H groups in total. The zero-order valence-corrected chi connectivity index (χ0v) is 29.8. The molecule has 0 amide bonds. The van der Waals surface area contributed by atoms with Crippen LogP contribution in [0, 0.1) is 12.5 Å². The first-order valence-electron chi connectivity index (χ1n) is 9.42. The second kappa shape index (κ2) is 12.2. The number of carboxylic acid groups (broad SMARTS) is 2. The quantitative estimate of drug-likeness (QED) is 0.169. The monoisotopic (exact) mass is 852 g/mol. The number of ether oxygens (including phenoxy) is 2. The van der Waals surface area contributed by atoms with Crippen LogP contribution in [-0.2, 0) is 80.0 Å². The third-order valence-electron chi connectivity index (χ3n) is 4.52. The molecular weight excluding hydrogens is 833 g/mol. The Morgan fingerprint density at radius 3 is 2.31 bits per heavy atom. The molecule has 1 unspecified atom stereocenters. The van der Waals surface area contributed by atoms with Crippen molar-refractivity contribution in [1.29, 1.82) is 0 Å². The molecule has 9 nitrogen and oxygen atoms in total. The van der Waals surface area contributed by atoms with Crippen LogP contribution in [0.5, 0.6) is 0 Å². The van der Waals surface area contributed by atoms with Crippen LogP contribution in [0.1, 0.15) is 29.8 Å². The number of allylic oxidation sites excluding steroid dienone is 2. The van der Waals surface area contributed by atoms with Crippen LogP contribution in [0.3, 0.4) is 0 Å². The molecular formula is C24H16Hg2O9. The summed E-state index contributed by atoms with van der Waals surface area (Å²) in [5.74, 6) is -2.39. The molecule has 0 saturated heterocycles. The van der Waals surface area contributed by atoms with Crippen molar-refractivity contribution in [2.75, 3.05) is 0 Å². The summed E-state index contributed by atoms with van der Waals surface area (Å²) in [6.45, 7) is 2.17. The van der Waals surface area contributed by atoms with E-state index in [1.165, 1.54) is 24.6 Å². The summed E-state index contributed by atoms with van der Waals surface area (Å²) in [4.78, 5) is 30.5. The van der Waals surface area contributed by atoms with Crippen LogP contribution in [0.4, 0.5) is 0 Å². The Hall–Kier alpha value is -2.84. The Labute approximate surface area is 241 Å². The molecule has 0 saturated carbocycles. The van der Waals surface area contributed by atoms with E-state index in [1.807, 2.05) is 0 Å². The van der Waals surface area contributed by atoms with Gasteiger partial charge in [-0.1, -0.05) is 18.2 Å². The molecule has 11 heteroatoms. The fourth-order valence-corrected chi connectivity index (χ4v) is 3.51. The Morgan fingerprint density at radius 1 is 1.09 bits per heavy atom. The van der Waals surface area contributed by atoms with Crippen molar-refractivity contribution in [3.05, 3.63) is 106 Å². The maximum atomic E-state index is 12.5. The minimum atomic E-state index is -1.29. The average Bonchev–Trinajstić information content (AvgIpc) is 3.00. The number of benzene rings is 1. The van der Waals surface area contributed by atoms with Crippen molar-refractivity contribution in [3.63, 3.8) is 0 Å². The van der Waals surface area contributed by atoms with Crippen molar-refractivity contribution in [3.8, 4) is 0 Å². The van der Waals surface area contributed by atoms with E-state index in [0.717, 1.165) is 13.8 Å². The maximum Gasteiger partial charge on any atom is 1.00 e. The van der Waals surface area contributed by atoms with Crippen LogP contribution in [0.2, 0.25) is 0 Å². The minimum absolute atomic E-state index is 0. The van der Waals surface area contributed by atoms with Crippen LogP contribution >= 0.6 is 0 Å². The van der Waals surface area contributed by atoms with E-state index in [4.69, 9.17) is 29.3 Å². The number of hydrogen-bond acceptors (Lipinski definition) is 7. The van der Waals surface area contributed by atoms with Crippen LogP contribution in [0.25, 0.3) is 0 Å². The van der Waals surface area contributed by atoms with Crippen molar-refractivity contribution in [2.45, 2.75) is 19.4 Å². The van der Waals surface area contributed by atoms with Gasteiger partial charge in [0, 0.05) is 31.2 Å². The van der Waals surface area contributed by atoms with Crippen molar-refractivity contribution in [1.82, 2.24) is 0 Å². The van der Waals surface area contributed by atoms with E-state index in [2.05, 4.69) is 11.8 Å². The predicted molar refractivity (Wildman–Crippen MR) is 107 cm³/mol. The van der Waals surface area contributed by atoms with E-state index in [1.54, 1.807) is 24.3 Å². The van der Waals surface area contributed by atoms with Gasteiger partial charge < -0.3 is 29.9 Å². The Balaban J connectivity index is 0.000000541. The Kier molecular flexibility index (Phi) is 10.5. The number of carboxylic acids is 2. The first kappa shape index (κ1) is 30.2. The summed E-state index contributed by atoms with van der Waals surface area (Å²) < 4.78 is 11.6. The van der Waals surface area contributed by atoms with E-state index in [0.29, 0.717) is 22.3 Å². The molecule has 2 aliphatic heterocycles. The fraction of sp³-hybridized carbons (Fsp3) is 0.125. The minimum Gasteiger partial charge on any atom is -0.886 e. The summed E-state index contributed by atoms with van der Waals surface area (Å²) in [7, 11) is 0. The van der Waals surface area contributed by atoms with E-state index in [9.17, 15) is 15.0 Å². The Morgan fingerprint density at radius 2 is 1.69 bits per heavy atom. The van der Waals surface area contributed by atoms with Gasteiger partial charge in [-0.2, -0.15) is 5.76 Å². The molecule has 1 aromatic rings. The number of hydrogen-bond donors (Lipinski definition) is 2. The van der Waals surface area contributed by atoms with Crippen molar-refractivity contribution < 1.29 is 99.6 Å². The van der Waals surface area contributed by atoms with Gasteiger partial charge in [0.05, 0.1) is 17.4 Å². The molecule has 2 aliphatic carbocycles. The molecule has 0 aromatic heterocycles. The predicted octanol–water partition coefficient (Wildman–Crippen LogP) is 1.00. The average molecular weight is 850 g/mol. The second-order valence-corrected chi connectivity index (χ2v) is 6.91. The van der Waals surface area contributed by atoms with Crippen LogP contribution in [0.15, 0.2) is 82.4 Å². The van der Waals surface area contributed by atoms with Crippen molar-refractivity contribution >= 4 is 17.9 Å². The molecule has 4 aliphatic rings. The smallest absolute Gasteiger partial charge is 0.886 e. The maximum absolute atomic E-state index is 12.5. The normalized spacial score (nSPS) is 19.4. The first-order valence-corrected chi connectivity index (χ1v) is 9.42. The van der Waals surface area contributed by atoms with Gasteiger partial charge >= 0.3 is 61.3 Å². The number of rotatable bonds is 0. The summed E-state index contributed by atoms with van der Waals surface area (Å²) in [5.41, 5.74) is 3.35. The van der Waals surface area contributed by atoms with E-state index in [-0.39, 0.29) is 78.4 Å². The SMILES string of the molecule is CC(=O)O.CC(=O)O.O=C1OC2(C3=C(C=C([O-])[C+]=C3)OC3=C2C=C=C([O-])[CH-]3)c2ccccc21.[Hg+].[Hg+]. The number of carbonyl (C=O) groups excluding carboxylic acids is 1. The summed E-state index contributed by atoms with van der Waals surface area (Å²) in [6.07, 6.45) is 8.09. The molecule has 2 heterocycles. The first-order chi connectivity index (χ1) is 15.6. The van der Waals surface area contributed by atoms with Crippen molar-refractivity contribution in [2.24, 2.45) is 0 Å². The van der Waals surface area contributed by atoms with Gasteiger partial charge in [0.15, 0.2) is 5.60 Å². The van der Waals surface area contributed by atoms with Gasteiger partial charge in [-0.05, 0) is 11.6 Å². The summed E-state index contributed by atoms with van der Waals surface area (Å²) >= 11 is 0. The van der Waals surface area contributed by atoms with Gasteiger partial charge in [0.25, 0.3) is 11.9 Å².